The Morgan fingerprint density at radius 3 is 2.50 bits per heavy atom. The lowest BCUT2D eigenvalue weighted by molar-refractivity contribution is 0.686. The average molecular weight is 281 g/mol. The highest BCUT2D eigenvalue weighted by Gasteiger charge is 1.98. The molecule has 0 amide bonds. The van der Waals surface area contributed by atoms with Crippen LogP contribution in [0.5, 0.6) is 0 Å². The van der Waals surface area contributed by atoms with Gasteiger partial charge in [-0.15, -0.1) is 0 Å². The van der Waals surface area contributed by atoms with E-state index >= 15 is 0 Å². The lowest BCUT2D eigenvalue weighted by atomic mass is 10.2. The summed E-state index contributed by atoms with van der Waals surface area (Å²) in [6.45, 7) is 1.66. The zero-order chi connectivity index (χ0) is 12.8. The third-order valence-electron chi connectivity index (χ3n) is 2.56. The summed E-state index contributed by atoms with van der Waals surface area (Å²) in [4.78, 5) is 4.08. The lowest BCUT2D eigenvalue weighted by Gasteiger charge is -2.06. The molecule has 0 bridgehead atoms. The maximum Gasteiger partial charge on any atom is 0.0424 e. The van der Waals surface area contributed by atoms with Crippen molar-refractivity contribution < 1.29 is 0 Å². The molecule has 0 aliphatic heterocycles. The summed E-state index contributed by atoms with van der Waals surface area (Å²) in [7, 11) is 0. The molecule has 0 radical (unpaired) electrons. The number of halogens is 2. The van der Waals surface area contributed by atoms with Gasteiger partial charge in [-0.3, -0.25) is 4.98 Å². The van der Waals surface area contributed by atoms with Crippen molar-refractivity contribution >= 4 is 23.2 Å². The minimum Gasteiger partial charge on any atom is -0.312 e. The second kappa shape index (κ2) is 6.74. The number of hydrogen-bond donors (Lipinski definition) is 1. The molecule has 0 atom stereocenters. The van der Waals surface area contributed by atoms with Crippen LogP contribution in [0, 0.1) is 0 Å². The summed E-state index contributed by atoms with van der Waals surface area (Å²) in [5, 5.41) is 4.71. The molecule has 1 N–H and O–H groups in total. The van der Waals surface area contributed by atoms with Gasteiger partial charge in [0.15, 0.2) is 0 Å². The number of rotatable bonds is 5. The smallest absolute Gasteiger partial charge is 0.0424 e. The van der Waals surface area contributed by atoms with E-state index in [4.69, 9.17) is 23.2 Å². The first kappa shape index (κ1) is 13.3. The molecule has 0 aliphatic rings. The zero-order valence-corrected chi connectivity index (χ0v) is 11.4. The van der Waals surface area contributed by atoms with Crippen molar-refractivity contribution in [1.29, 1.82) is 0 Å². The van der Waals surface area contributed by atoms with Crippen LogP contribution in [0.25, 0.3) is 0 Å². The molecule has 1 aromatic heterocycles. The predicted octanol–water partition coefficient (Wildman–Crippen LogP) is 3.72. The fourth-order valence-electron chi connectivity index (χ4n) is 1.72. The van der Waals surface area contributed by atoms with Crippen LogP contribution in [0.3, 0.4) is 0 Å². The van der Waals surface area contributed by atoms with Gasteiger partial charge in [-0.1, -0.05) is 29.3 Å². The Morgan fingerprint density at radius 1 is 1.06 bits per heavy atom. The van der Waals surface area contributed by atoms with Gasteiger partial charge in [0.25, 0.3) is 0 Å². The molecule has 2 aromatic rings. The van der Waals surface area contributed by atoms with Crippen molar-refractivity contribution in [3.05, 3.63) is 63.9 Å². The van der Waals surface area contributed by atoms with E-state index in [9.17, 15) is 0 Å². The largest absolute Gasteiger partial charge is 0.312 e. The third kappa shape index (κ3) is 4.30. The Hall–Kier alpha value is -1.09. The summed E-state index contributed by atoms with van der Waals surface area (Å²) in [5.41, 5.74) is 2.33. The first-order chi connectivity index (χ1) is 8.74. The van der Waals surface area contributed by atoms with Gasteiger partial charge in [0.1, 0.15) is 0 Å². The second-order valence-corrected chi connectivity index (χ2v) is 4.94. The maximum atomic E-state index is 5.94. The van der Waals surface area contributed by atoms with Crippen LogP contribution in [0.4, 0.5) is 0 Å². The van der Waals surface area contributed by atoms with Crippen LogP contribution in [0.2, 0.25) is 10.0 Å². The Kier molecular flexibility index (Phi) is 5.00. The van der Waals surface area contributed by atoms with Crippen LogP contribution >= 0.6 is 23.2 Å². The molecule has 1 aromatic carbocycles. The van der Waals surface area contributed by atoms with E-state index in [1.165, 1.54) is 5.56 Å². The van der Waals surface area contributed by atoms with Gasteiger partial charge in [-0.25, -0.2) is 0 Å². The molecule has 0 unspecified atom stereocenters. The van der Waals surface area contributed by atoms with E-state index in [0.29, 0.717) is 10.0 Å². The molecule has 0 aliphatic carbocycles. The van der Waals surface area contributed by atoms with Crippen molar-refractivity contribution in [3.63, 3.8) is 0 Å². The van der Waals surface area contributed by atoms with Crippen LogP contribution in [0.15, 0.2) is 42.7 Å². The number of benzene rings is 1. The highest BCUT2D eigenvalue weighted by atomic mass is 35.5. The van der Waals surface area contributed by atoms with E-state index < -0.39 is 0 Å². The molecule has 94 valence electrons. The number of hydrogen-bond acceptors (Lipinski definition) is 2. The van der Waals surface area contributed by atoms with E-state index in [0.717, 1.165) is 25.1 Å². The Bertz CT molecular complexity index is 480. The molecule has 0 saturated carbocycles. The normalized spacial score (nSPS) is 10.6. The lowest BCUT2D eigenvalue weighted by Crippen LogP contribution is -2.16. The molecule has 18 heavy (non-hydrogen) atoms. The van der Waals surface area contributed by atoms with Gasteiger partial charge in [-0.05, 0) is 48.4 Å². The molecule has 1 heterocycles. The third-order valence-corrected chi connectivity index (χ3v) is 3.00. The first-order valence-corrected chi connectivity index (χ1v) is 6.54. The van der Waals surface area contributed by atoms with E-state index in [2.05, 4.69) is 16.4 Å². The number of aromatic nitrogens is 1. The summed E-state index contributed by atoms with van der Waals surface area (Å²) in [6.07, 6.45) is 4.63. The van der Waals surface area contributed by atoms with Crippen LogP contribution in [-0.2, 0) is 13.0 Å². The predicted molar refractivity (Wildman–Crippen MR) is 76.1 cm³/mol. The van der Waals surface area contributed by atoms with E-state index in [1.54, 1.807) is 12.3 Å². The summed E-state index contributed by atoms with van der Waals surface area (Å²) >= 11 is 11.9. The SMILES string of the molecule is Clc1cc(Cl)cc(CNCCc2cccnc2)c1. The van der Waals surface area contributed by atoms with Crippen LogP contribution < -0.4 is 5.32 Å². The fraction of sp³-hybridized carbons (Fsp3) is 0.214. The van der Waals surface area contributed by atoms with Gasteiger partial charge in [0.2, 0.25) is 0 Å². The standard InChI is InChI=1S/C14H14Cl2N2/c15-13-6-12(7-14(16)8-13)10-18-5-3-11-2-1-4-17-9-11/h1-2,4,6-9,18H,3,5,10H2. The minimum absolute atomic E-state index is 0.673. The maximum absolute atomic E-state index is 5.94. The number of nitrogens with zero attached hydrogens (tertiary/aromatic N) is 1. The Morgan fingerprint density at radius 2 is 1.83 bits per heavy atom. The molecule has 0 fully saturated rings. The summed E-state index contributed by atoms with van der Waals surface area (Å²) in [5.74, 6) is 0. The van der Waals surface area contributed by atoms with Crippen molar-refractivity contribution in [2.75, 3.05) is 6.54 Å². The average Bonchev–Trinajstić information content (AvgIpc) is 2.35. The van der Waals surface area contributed by atoms with Crippen molar-refractivity contribution in [1.82, 2.24) is 10.3 Å². The molecule has 4 heteroatoms. The van der Waals surface area contributed by atoms with Gasteiger partial charge < -0.3 is 5.32 Å². The molecule has 0 spiro atoms. The van der Waals surface area contributed by atoms with Crippen LogP contribution in [0.1, 0.15) is 11.1 Å². The molecule has 2 rings (SSSR count). The minimum atomic E-state index is 0.673. The van der Waals surface area contributed by atoms with Crippen molar-refractivity contribution in [2.24, 2.45) is 0 Å². The summed E-state index contributed by atoms with van der Waals surface area (Å²) in [6, 6.07) is 9.61. The fourth-order valence-corrected chi connectivity index (χ4v) is 2.30. The van der Waals surface area contributed by atoms with Crippen molar-refractivity contribution in [3.8, 4) is 0 Å². The van der Waals surface area contributed by atoms with E-state index in [1.807, 2.05) is 24.4 Å². The van der Waals surface area contributed by atoms with Crippen LogP contribution in [-0.4, -0.2) is 11.5 Å². The zero-order valence-electron chi connectivity index (χ0n) is 9.87. The number of pyridine rings is 1. The highest BCUT2D eigenvalue weighted by molar-refractivity contribution is 6.34. The Balaban J connectivity index is 1.78. The highest BCUT2D eigenvalue weighted by Crippen LogP contribution is 2.18. The van der Waals surface area contributed by atoms with Gasteiger partial charge in [-0.2, -0.15) is 0 Å². The van der Waals surface area contributed by atoms with E-state index in [-0.39, 0.29) is 0 Å². The van der Waals surface area contributed by atoms with Gasteiger partial charge >= 0.3 is 0 Å². The quantitative estimate of drug-likeness (QED) is 0.845. The second-order valence-electron chi connectivity index (χ2n) is 4.07. The summed E-state index contributed by atoms with van der Waals surface area (Å²) < 4.78 is 0. The van der Waals surface area contributed by atoms with Crippen molar-refractivity contribution in [2.45, 2.75) is 13.0 Å². The molecule has 2 nitrogen and oxygen atoms in total. The molecule has 0 saturated heterocycles. The number of nitrogens with one attached hydrogen (secondary N) is 1. The van der Waals surface area contributed by atoms with Gasteiger partial charge in [0, 0.05) is 29.0 Å². The Labute approximate surface area is 117 Å². The monoisotopic (exact) mass is 280 g/mol. The molecular weight excluding hydrogens is 267 g/mol. The first-order valence-electron chi connectivity index (χ1n) is 5.78. The topological polar surface area (TPSA) is 24.9 Å². The van der Waals surface area contributed by atoms with Gasteiger partial charge in [0.05, 0.1) is 0 Å². The molecular formula is C14H14Cl2N2.